The third kappa shape index (κ3) is 4.06. The highest BCUT2D eigenvalue weighted by molar-refractivity contribution is 6.30. The molecule has 0 bridgehead atoms. The number of halogens is 1. The van der Waals surface area contributed by atoms with Gasteiger partial charge in [0.1, 0.15) is 0 Å². The fourth-order valence-electron chi connectivity index (χ4n) is 2.31. The second kappa shape index (κ2) is 7.07. The van der Waals surface area contributed by atoms with Crippen LogP contribution < -0.4 is 0 Å². The van der Waals surface area contributed by atoms with Gasteiger partial charge < -0.3 is 14.7 Å². The molecule has 21 heavy (non-hydrogen) atoms. The summed E-state index contributed by atoms with van der Waals surface area (Å²) in [4.78, 5) is 14.3. The smallest absolute Gasteiger partial charge is 0.249 e. The van der Waals surface area contributed by atoms with Crippen molar-refractivity contribution in [2.24, 2.45) is 0 Å². The van der Waals surface area contributed by atoms with Crippen molar-refractivity contribution in [2.75, 3.05) is 19.8 Å². The number of carbonyl (C=O) groups is 1. The summed E-state index contributed by atoms with van der Waals surface area (Å²) < 4.78 is 5.45. The molecule has 2 rings (SSSR count). The Kier molecular flexibility index (Phi) is 5.39. The Morgan fingerprint density at radius 1 is 1.48 bits per heavy atom. The van der Waals surface area contributed by atoms with Crippen LogP contribution in [0.15, 0.2) is 29.8 Å². The van der Waals surface area contributed by atoms with Crippen LogP contribution in [0.5, 0.6) is 0 Å². The molecule has 1 heterocycles. The van der Waals surface area contributed by atoms with Gasteiger partial charge in [0.05, 0.1) is 25.4 Å². The molecular weight excluding hydrogens is 290 g/mol. The summed E-state index contributed by atoms with van der Waals surface area (Å²) in [7, 11) is 0. The lowest BCUT2D eigenvalue weighted by atomic mass is 10.1. The molecule has 5 heteroatoms. The second-order valence-corrected chi connectivity index (χ2v) is 5.76. The number of ether oxygens (including phenoxy) is 1. The highest BCUT2D eigenvalue weighted by Gasteiger charge is 2.29. The first-order chi connectivity index (χ1) is 10.0. The minimum absolute atomic E-state index is 0.00821. The molecule has 0 radical (unpaired) electrons. The molecular formula is C16H20ClNO3. The van der Waals surface area contributed by atoms with Crippen molar-refractivity contribution in [3.05, 3.63) is 40.4 Å². The number of amides is 1. The van der Waals surface area contributed by atoms with Crippen LogP contribution in [0.3, 0.4) is 0 Å². The number of morpholine rings is 1. The van der Waals surface area contributed by atoms with E-state index in [2.05, 4.69) is 0 Å². The van der Waals surface area contributed by atoms with Crippen LogP contribution >= 0.6 is 11.6 Å². The Morgan fingerprint density at radius 3 is 2.76 bits per heavy atom. The summed E-state index contributed by atoms with van der Waals surface area (Å²) in [6.45, 7) is 4.54. The van der Waals surface area contributed by atoms with Gasteiger partial charge in [-0.1, -0.05) is 23.7 Å². The Balaban J connectivity index is 2.12. The molecule has 1 aliphatic heterocycles. The Morgan fingerprint density at radius 2 is 2.14 bits per heavy atom. The molecule has 1 aromatic carbocycles. The lowest BCUT2D eigenvalue weighted by molar-refractivity contribution is -0.141. The predicted molar refractivity (Wildman–Crippen MR) is 83.1 cm³/mol. The number of benzene rings is 1. The Labute approximate surface area is 130 Å². The molecule has 0 spiro atoms. The van der Waals surface area contributed by atoms with Crippen LogP contribution in [0.1, 0.15) is 19.4 Å². The van der Waals surface area contributed by atoms with Gasteiger partial charge in [-0.3, -0.25) is 4.79 Å². The van der Waals surface area contributed by atoms with Crippen LogP contribution in [0, 0.1) is 0 Å². The first-order valence-corrected chi connectivity index (χ1v) is 7.36. The van der Waals surface area contributed by atoms with E-state index in [1.807, 2.05) is 25.1 Å². The number of nitrogens with zero attached hydrogens (tertiary/aromatic N) is 1. The molecule has 2 atom stereocenters. The second-order valence-electron chi connectivity index (χ2n) is 5.32. The third-order valence-corrected chi connectivity index (χ3v) is 3.81. The molecule has 2 unspecified atom stereocenters. The summed E-state index contributed by atoms with van der Waals surface area (Å²) in [6.07, 6.45) is 1.54. The van der Waals surface area contributed by atoms with Gasteiger partial charge in [-0.15, -0.1) is 0 Å². The first-order valence-electron chi connectivity index (χ1n) is 6.98. The molecule has 4 nitrogen and oxygen atoms in total. The van der Waals surface area contributed by atoms with Gasteiger partial charge in [-0.2, -0.15) is 0 Å². The van der Waals surface area contributed by atoms with Crippen LogP contribution in [0.4, 0.5) is 0 Å². The minimum atomic E-state index is -0.298. The van der Waals surface area contributed by atoms with Crippen LogP contribution in [-0.2, 0) is 9.53 Å². The number of carbonyl (C=O) groups excluding carboxylic acids is 1. The van der Waals surface area contributed by atoms with E-state index < -0.39 is 0 Å². The number of hydrogen-bond acceptors (Lipinski definition) is 3. The van der Waals surface area contributed by atoms with E-state index in [0.29, 0.717) is 23.7 Å². The van der Waals surface area contributed by atoms with Gasteiger partial charge in [0, 0.05) is 17.1 Å². The van der Waals surface area contributed by atoms with E-state index in [4.69, 9.17) is 16.3 Å². The van der Waals surface area contributed by atoms with Crippen LogP contribution in [-0.4, -0.2) is 47.8 Å². The Bertz CT molecular complexity index is 527. The molecule has 1 aromatic rings. The maximum Gasteiger partial charge on any atom is 0.249 e. The van der Waals surface area contributed by atoms with E-state index in [1.165, 1.54) is 0 Å². The molecule has 0 aromatic heterocycles. The fourth-order valence-corrected chi connectivity index (χ4v) is 2.43. The normalized spacial score (nSPS) is 23.2. The van der Waals surface area contributed by atoms with Crippen LogP contribution in [0.2, 0.25) is 5.02 Å². The third-order valence-electron chi connectivity index (χ3n) is 3.56. The minimum Gasteiger partial charge on any atom is -0.394 e. The molecule has 1 N–H and O–H groups in total. The molecule has 114 valence electrons. The maximum absolute atomic E-state index is 12.5. The van der Waals surface area contributed by atoms with Crippen molar-refractivity contribution in [1.82, 2.24) is 4.90 Å². The highest BCUT2D eigenvalue weighted by atomic mass is 35.5. The fraction of sp³-hybridized carbons (Fsp3) is 0.438. The summed E-state index contributed by atoms with van der Waals surface area (Å²) in [5.41, 5.74) is 1.59. The lowest BCUT2D eigenvalue weighted by Crippen LogP contribution is -2.52. The molecule has 1 fully saturated rings. The zero-order valence-corrected chi connectivity index (χ0v) is 13.0. The van der Waals surface area contributed by atoms with Gasteiger partial charge in [0.15, 0.2) is 0 Å². The zero-order valence-electron chi connectivity index (χ0n) is 12.3. The average molecular weight is 310 g/mol. The standard InChI is InChI=1S/C16H20ClNO3/c1-11(7-13-3-5-14(17)6-4-13)16(20)18-8-15(9-19)21-10-12(18)2/h3-7,12,15,19H,8-10H2,1-2H3/b11-7+. The van der Waals surface area contributed by atoms with Crippen molar-refractivity contribution in [3.8, 4) is 0 Å². The van der Waals surface area contributed by atoms with Gasteiger partial charge in [-0.05, 0) is 37.6 Å². The summed E-state index contributed by atoms with van der Waals surface area (Å²) in [5.74, 6) is -0.0285. The highest BCUT2D eigenvalue weighted by Crippen LogP contribution is 2.17. The van der Waals surface area contributed by atoms with Crippen molar-refractivity contribution < 1.29 is 14.6 Å². The van der Waals surface area contributed by atoms with E-state index >= 15 is 0 Å². The van der Waals surface area contributed by atoms with Crippen molar-refractivity contribution >= 4 is 23.6 Å². The molecule has 0 aliphatic carbocycles. The number of hydrogen-bond donors (Lipinski definition) is 1. The Hall–Kier alpha value is -1.36. The summed E-state index contributed by atoms with van der Waals surface area (Å²) in [6, 6.07) is 7.35. The summed E-state index contributed by atoms with van der Waals surface area (Å²) in [5, 5.41) is 9.86. The number of aliphatic hydroxyl groups excluding tert-OH is 1. The average Bonchev–Trinajstić information content (AvgIpc) is 2.49. The number of aliphatic hydroxyl groups is 1. The topological polar surface area (TPSA) is 49.8 Å². The molecule has 0 saturated carbocycles. The van der Waals surface area contributed by atoms with Gasteiger partial charge in [-0.25, -0.2) is 0 Å². The van der Waals surface area contributed by atoms with E-state index in [-0.39, 0.29) is 24.7 Å². The van der Waals surface area contributed by atoms with Crippen molar-refractivity contribution in [2.45, 2.75) is 26.0 Å². The van der Waals surface area contributed by atoms with Gasteiger partial charge >= 0.3 is 0 Å². The van der Waals surface area contributed by atoms with Crippen LogP contribution in [0.25, 0.3) is 6.08 Å². The van der Waals surface area contributed by atoms with Gasteiger partial charge in [0.2, 0.25) is 5.91 Å². The SMILES string of the molecule is C/C(=C\c1ccc(Cl)cc1)C(=O)N1CC(CO)OCC1C. The molecule has 1 saturated heterocycles. The van der Waals surface area contributed by atoms with Crippen molar-refractivity contribution in [3.63, 3.8) is 0 Å². The predicted octanol–water partition coefficient (Wildman–Crippen LogP) is 2.35. The first kappa shape index (κ1) is 16.0. The lowest BCUT2D eigenvalue weighted by Gasteiger charge is -2.37. The van der Waals surface area contributed by atoms with Crippen molar-refractivity contribution in [1.29, 1.82) is 0 Å². The van der Waals surface area contributed by atoms with Gasteiger partial charge in [0.25, 0.3) is 0 Å². The van der Waals surface area contributed by atoms with E-state index in [9.17, 15) is 9.90 Å². The quantitative estimate of drug-likeness (QED) is 0.872. The zero-order chi connectivity index (χ0) is 15.4. The largest absolute Gasteiger partial charge is 0.394 e. The molecule has 1 amide bonds. The number of rotatable bonds is 3. The maximum atomic E-state index is 12.5. The molecule has 1 aliphatic rings. The van der Waals surface area contributed by atoms with E-state index in [0.717, 1.165) is 5.56 Å². The van der Waals surface area contributed by atoms with E-state index in [1.54, 1.807) is 24.0 Å². The monoisotopic (exact) mass is 309 g/mol. The summed E-state index contributed by atoms with van der Waals surface area (Å²) >= 11 is 5.85.